The number of thioether (sulfide) groups is 1. The van der Waals surface area contributed by atoms with Crippen LogP contribution in [0.25, 0.3) is 17.0 Å². The number of thiazole rings is 1. The lowest BCUT2D eigenvalue weighted by Crippen LogP contribution is -2.19. The van der Waals surface area contributed by atoms with E-state index in [9.17, 15) is 10.1 Å². The molecule has 4 rings (SSSR count). The smallest absolute Gasteiger partial charge is 0.264 e. The summed E-state index contributed by atoms with van der Waals surface area (Å²) >= 11 is 2.82. The van der Waals surface area contributed by atoms with E-state index in [0.29, 0.717) is 34.5 Å². The number of rotatable bonds is 5. The van der Waals surface area contributed by atoms with Gasteiger partial charge in [0.15, 0.2) is 5.17 Å². The van der Waals surface area contributed by atoms with E-state index in [-0.39, 0.29) is 5.91 Å². The third-order valence-electron chi connectivity index (χ3n) is 4.04. The zero-order valence-corrected chi connectivity index (χ0v) is 17.0. The largest absolute Gasteiger partial charge is 0.492 e. The van der Waals surface area contributed by atoms with Crippen molar-refractivity contribution in [2.24, 2.45) is 4.99 Å². The molecule has 1 aliphatic heterocycles. The fraction of sp³-hybridized carbons (Fsp3) is 0.150. The van der Waals surface area contributed by atoms with Gasteiger partial charge in [0.1, 0.15) is 22.4 Å². The third kappa shape index (κ3) is 4.13. The molecule has 1 N–H and O–H groups in total. The average Bonchev–Trinajstić information content (AvgIpc) is 3.37. The molecule has 29 heavy (non-hydrogen) atoms. The number of nitrogens with one attached hydrogen (secondary N) is 1. The standard InChI is InChI=1S/C20H15N5O2S2/c1-2-27-18-13(9-21)10-23-15-4-3-12(7-14(15)18)8-16-19(26)25-20(29-16)24-11-17-22-5-6-28-17/h3-8,10H,2,11H2,1H3,(H,24,25,26)/b16-8-. The van der Waals surface area contributed by atoms with Crippen LogP contribution in [0.2, 0.25) is 0 Å². The lowest BCUT2D eigenvalue weighted by molar-refractivity contribution is -0.115. The number of amides is 1. The minimum Gasteiger partial charge on any atom is -0.492 e. The second-order valence-corrected chi connectivity index (χ2v) is 7.94. The minimum atomic E-state index is -0.193. The Balaban J connectivity index is 1.63. The van der Waals surface area contributed by atoms with E-state index in [0.717, 1.165) is 21.5 Å². The summed E-state index contributed by atoms with van der Waals surface area (Å²) in [6.45, 7) is 2.74. The molecule has 1 aromatic carbocycles. The number of carbonyl (C=O) groups is 1. The number of amidine groups is 1. The molecule has 0 bridgehead atoms. The first-order valence-corrected chi connectivity index (χ1v) is 10.5. The molecule has 0 atom stereocenters. The molecule has 1 aliphatic rings. The molecule has 0 saturated carbocycles. The number of nitrogens with zero attached hydrogens (tertiary/aromatic N) is 4. The van der Waals surface area contributed by atoms with E-state index in [1.54, 1.807) is 12.3 Å². The van der Waals surface area contributed by atoms with Crippen molar-refractivity contribution < 1.29 is 9.53 Å². The van der Waals surface area contributed by atoms with Crippen LogP contribution in [0.15, 0.2) is 45.9 Å². The van der Waals surface area contributed by atoms with Crippen molar-refractivity contribution >= 4 is 51.2 Å². The number of ether oxygens (including phenoxy) is 1. The van der Waals surface area contributed by atoms with Gasteiger partial charge in [0.05, 0.1) is 23.6 Å². The minimum absolute atomic E-state index is 0.193. The van der Waals surface area contributed by atoms with Crippen molar-refractivity contribution in [3.05, 3.63) is 57.0 Å². The van der Waals surface area contributed by atoms with E-state index in [4.69, 9.17) is 4.74 Å². The number of nitriles is 1. The number of hydrogen-bond acceptors (Lipinski definition) is 8. The number of carbonyl (C=O) groups excluding carboxylic acids is 1. The van der Waals surface area contributed by atoms with Crippen LogP contribution in [0.1, 0.15) is 23.1 Å². The maximum Gasteiger partial charge on any atom is 0.264 e. The van der Waals surface area contributed by atoms with Crippen LogP contribution < -0.4 is 10.1 Å². The van der Waals surface area contributed by atoms with Crippen LogP contribution in [-0.2, 0) is 11.3 Å². The molecule has 0 spiro atoms. The summed E-state index contributed by atoms with van der Waals surface area (Å²) < 4.78 is 5.68. The summed E-state index contributed by atoms with van der Waals surface area (Å²) in [5.74, 6) is 0.316. The van der Waals surface area contributed by atoms with E-state index in [2.05, 4.69) is 26.3 Å². The van der Waals surface area contributed by atoms with Crippen LogP contribution in [-0.4, -0.2) is 27.6 Å². The van der Waals surface area contributed by atoms with Crippen LogP contribution in [0.3, 0.4) is 0 Å². The third-order valence-corrected chi connectivity index (χ3v) is 5.75. The van der Waals surface area contributed by atoms with Crippen LogP contribution in [0.4, 0.5) is 0 Å². The number of aromatic nitrogens is 2. The van der Waals surface area contributed by atoms with Gasteiger partial charge in [-0.1, -0.05) is 6.07 Å². The highest BCUT2D eigenvalue weighted by Crippen LogP contribution is 2.31. The fourth-order valence-electron chi connectivity index (χ4n) is 2.78. The maximum atomic E-state index is 12.3. The van der Waals surface area contributed by atoms with Gasteiger partial charge in [-0.3, -0.25) is 14.8 Å². The van der Waals surface area contributed by atoms with E-state index in [1.807, 2.05) is 30.5 Å². The second-order valence-electron chi connectivity index (χ2n) is 5.93. The molecular weight excluding hydrogens is 406 g/mol. The van der Waals surface area contributed by atoms with Gasteiger partial charge in [-0.25, -0.2) is 4.98 Å². The fourth-order valence-corrected chi connectivity index (χ4v) is 4.14. The molecular formula is C20H15N5O2S2. The van der Waals surface area contributed by atoms with Crippen molar-refractivity contribution in [1.82, 2.24) is 15.3 Å². The molecule has 1 saturated heterocycles. The zero-order chi connectivity index (χ0) is 20.2. The monoisotopic (exact) mass is 421 g/mol. The normalized spacial score (nSPS) is 16.3. The highest BCUT2D eigenvalue weighted by molar-refractivity contribution is 8.18. The van der Waals surface area contributed by atoms with Gasteiger partial charge in [0.25, 0.3) is 5.91 Å². The number of benzene rings is 1. The summed E-state index contributed by atoms with van der Waals surface area (Å²) in [7, 11) is 0. The zero-order valence-electron chi connectivity index (χ0n) is 15.4. The lowest BCUT2D eigenvalue weighted by Gasteiger charge is -2.09. The SMILES string of the molecule is CCOc1c(C#N)cnc2ccc(/C=C3\SC(=NCc4nccs4)NC3=O)cc12. The molecule has 0 aliphatic carbocycles. The Morgan fingerprint density at radius 2 is 2.28 bits per heavy atom. The summed E-state index contributed by atoms with van der Waals surface area (Å²) in [4.78, 5) is 25.8. The molecule has 3 aromatic rings. The Bertz CT molecular complexity index is 1180. The van der Waals surface area contributed by atoms with Gasteiger partial charge < -0.3 is 10.1 Å². The van der Waals surface area contributed by atoms with Crippen LogP contribution >= 0.6 is 23.1 Å². The summed E-state index contributed by atoms with van der Waals surface area (Å²) in [6.07, 6.45) is 5.03. The summed E-state index contributed by atoms with van der Waals surface area (Å²) in [5.41, 5.74) is 1.92. The molecule has 0 unspecified atom stereocenters. The van der Waals surface area contributed by atoms with Crippen molar-refractivity contribution in [3.63, 3.8) is 0 Å². The Morgan fingerprint density at radius 1 is 1.38 bits per heavy atom. The van der Waals surface area contributed by atoms with Gasteiger partial charge in [-0.15, -0.1) is 11.3 Å². The van der Waals surface area contributed by atoms with E-state index < -0.39 is 0 Å². The second kappa shape index (κ2) is 8.43. The number of fused-ring (bicyclic) bond motifs is 1. The highest BCUT2D eigenvalue weighted by atomic mass is 32.2. The Morgan fingerprint density at radius 3 is 3.03 bits per heavy atom. The van der Waals surface area contributed by atoms with Gasteiger partial charge >= 0.3 is 0 Å². The van der Waals surface area contributed by atoms with E-state index >= 15 is 0 Å². The lowest BCUT2D eigenvalue weighted by atomic mass is 10.1. The predicted molar refractivity (Wildman–Crippen MR) is 115 cm³/mol. The van der Waals surface area contributed by atoms with Crippen molar-refractivity contribution in [1.29, 1.82) is 5.26 Å². The van der Waals surface area contributed by atoms with E-state index in [1.165, 1.54) is 29.3 Å². The molecule has 144 valence electrons. The highest BCUT2D eigenvalue weighted by Gasteiger charge is 2.23. The molecule has 1 amide bonds. The van der Waals surface area contributed by atoms with Crippen LogP contribution in [0.5, 0.6) is 5.75 Å². The Kier molecular flexibility index (Phi) is 5.55. The summed E-state index contributed by atoms with van der Waals surface area (Å²) in [6, 6.07) is 7.71. The van der Waals surface area contributed by atoms with Gasteiger partial charge in [-0.05, 0) is 42.5 Å². The molecule has 7 nitrogen and oxygen atoms in total. The summed E-state index contributed by atoms with van der Waals surface area (Å²) in [5, 5.41) is 16.2. The molecule has 1 fully saturated rings. The molecule has 9 heteroatoms. The first-order valence-electron chi connectivity index (χ1n) is 8.77. The van der Waals surface area contributed by atoms with Gasteiger partial charge in [0, 0.05) is 23.2 Å². The maximum absolute atomic E-state index is 12.3. The first kappa shape index (κ1) is 19.1. The Hall–Kier alpha value is -3.22. The average molecular weight is 422 g/mol. The first-order chi connectivity index (χ1) is 14.2. The predicted octanol–water partition coefficient (Wildman–Crippen LogP) is 3.72. The molecule has 2 aromatic heterocycles. The van der Waals surface area contributed by atoms with Crippen molar-refractivity contribution in [3.8, 4) is 11.8 Å². The van der Waals surface area contributed by atoms with Gasteiger partial charge in [-0.2, -0.15) is 5.26 Å². The van der Waals surface area contributed by atoms with Crippen molar-refractivity contribution in [2.45, 2.75) is 13.5 Å². The topological polar surface area (TPSA) is 100 Å². The number of aliphatic imine (C=N–C) groups is 1. The number of hydrogen-bond donors (Lipinski definition) is 1. The van der Waals surface area contributed by atoms with Crippen LogP contribution in [0, 0.1) is 11.3 Å². The number of pyridine rings is 1. The van der Waals surface area contributed by atoms with Gasteiger partial charge in [0.2, 0.25) is 0 Å². The Labute approximate surface area is 175 Å². The quantitative estimate of drug-likeness (QED) is 0.630. The molecule has 0 radical (unpaired) electrons. The van der Waals surface area contributed by atoms with Crippen molar-refractivity contribution in [2.75, 3.05) is 6.61 Å². The molecule has 3 heterocycles.